The Balaban J connectivity index is 2.18. The topological polar surface area (TPSA) is 23.6 Å². The van der Waals surface area contributed by atoms with Crippen LogP contribution < -0.4 is 0 Å². The number of carbonyl (C=O) groups excluding carboxylic acids is 1. The standard InChI is InChI=1S/C18H24F4N2OS/c1-11(2)23(12(3)4)7-8-24-16(25)10-26-17(24)13-5-6-14(15(19)9-13)18(20,21)22/h5-6,9,11-12,17H,7-8,10H2,1-4H3. The highest BCUT2D eigenvalue weighted by molar-refractivity contribution is 8.00. The third kappa shape index (κ3) is 4.71. The van der Waals surface area contributed by atoms with Gasteiger partial charge in [0.1, 0.15) is 11.2 Å². The first kappa shape index (κ1) is 21.0. The van der Waals surface area contributed by atoms with E-state index in [1.807, 2.05) is 0 Å². The summed E-state index contributed by atoms with van der Waals surface area (Å²) in [6.07, 6.45) is -4.73. The monoisotopic (exact) mass is 392 g/mol. The number of rotatable bonds is 6. The molecule has 0 saturated carbocycles. The van der Waals surface area contributed by atoms with E-state index in [2.05, 4.69) is 32.6 Å². The molecule has 1 heterocycles. The highest BCUT2D eigenvalue weighted by Crippen LogP contribution is 2.40. The van der Waals surface area contributed by atoms with Crippen molar-refractivity contribution in [3.8, 4) is 0 Å². The lowest BCUT2D eigenvalue weighted by atomic mass is 10.1. The Kier molecular flexibility index (Phi) is 6.60. The molecule has 1 aromatic rings. The maximum atomic E-state index is 13.9. The molecule has 3 nitrogen and oxygen atoms in total. The highest BCUT2D eigenvalue weighted by Gasteiger charge is 2.37. The number of nitrogens with zero attached hydrogens (tertiary/aromatic N) is 2. The molecule has 1 saturated heterocycles. The number of amides is 1. The van der Waals surface area contributed by atoms with Crippen molar-refractivity contribution >= 4 is 17.7 Å². The second-order valence-electron chi connectivity index (χ2n) is 6.91. The number of benzene rings is 1. The van der Waals surface area contributed by atoms with Crippen LogP contribution in [-0.2, 0) is 11.0 Å². The van der Waals surface area contributed by atoms with E-state index in [-0.39, 0.29) is 11.7 Å². The van der Waals surface area contributed by atoms with Gasteiger partial charge in [0.2, 0.25) is 5.91 Å². The van der Waals surface area contributed by atoms with E-state index in [0.29, 0.717) is 30.7 Å². The van der Waals surface area contributed by atoms with Crippen LogP contribution in [0, 0.1) is 5.82 Å². The van der Waals surface area contributed by atoms with Gasteiger partial charge in [-0.2, -0.15) is 13.2 Å². The third-order valence-corrected chi connectivity index (χ3v) is 5.73. The molecule has 1 atom stereocenters. The smallest absolute Gasteiger partial charge is 0.325 e. The maximum Gasteiger partial charge on any atom is 0.419 e. The van der Waals surface area contributed by atoms with Gasteiger partial charge in [-0.1, -0.05) is 6.07 Å². The summed E-state index contributed by atoms with van der Waals surface area (Å²) < 4.78 is 52.1. The third-order valence-electron chi connectivity index (χ3n) is 4.48. The molecule has 1 amide bonds. The molecule has 1 unspecified atom stereocenters. The van der Waals surface area contributed by atoms with E-state index < -0.39 is 22.9 Å². The van der Waals surface area contributed by atoms with E-state index in [4.69, 9.17) is 0 Å². The van der Waals surface area contributed by atoms with E-state index in [1.54, 1.807) is 4.90 Å². The quantitative estimate of drug-likeness (QED) is 0.664. The molecule has 0 bridgehead atoms. The Morgan fingerprint density at radius 2 is 1.85 bits per heavy atom. The first-order chi connectivity index (χ1) is 12.0. The van der Waals surface area contributed by atoms with Crippen LogP contribution in [0.3, 0.4) is 0 Å². The van der Waals surface area contributed by atoms with Gasteiger partial charge in [-0.15, -0.1) is 11.8 Å². The molecule has 8 heteroatoms. The number of halogens is 4. The van der Waals surface area contributed by atoms with Crippen molar-refractivity contribution in [2.45, 2.75) is 51.3 Å². The zero-order valence-electron chi connectivity index (χ0n) is 15.3. The molecule has 1 aliphatic heterocycles. The molecule has 26 heavy (non-hydrogen) atoms. The molecule has 0 N–H and O–H groups in total. The van der Waals surface area contributed by atoms with Gasteiger partial charge in [-0.05, 0) is 45.4 Å². The van der Waals surface area contributed by atoms with Crippen LogP contribution in [0.4, 0.5) is 17.6 Å². The first-order valence-corrected chi connectivity index (χ1v) is 9.60. The van der Waals surface area contributed by atoms with Crippen molar-refractivity contribution in [2.24, 2.45) is 0 Å². The zero-order valence-corrected chi connectivity index (χ0v) is 16.1. The van der Waals surface area contributed by atoms with Gasteiger partial charge < -0.3 is 4.90 Å². The molecule has 1 fully saturated rings. The summed E-state index contributed by atoms with van der Waals surface area (Å²) in [4.78, 5) is 16.1. The highest BCUT2D eigenvalue weighted by atomic mass is 32.2. The second kappa shape index (κ2) is 8.17. The van der Waals surface area contributed by atoms with Crippen molar-refractivity contribution in [1.29, 1.82) is 0 Å². The van der Waals surface area contributed by atoms with Crippen molar-refractivity contribution in [2.75, 3.05) is 18.8 Å². The van der Waals surface area contributed by atoms with E-state index in [9.17, 15) is 22.4 Å². The molecular formula is C18H24F4N2OS. The van der Waals surface area contributed by atoms with Gasteiger partial charge in [-0.3, -0.25) is 9.69 Å². The van der Waals surface area contributed by atoms with Gasteiger partial charge in [-0.25, -0.2) is 4.39 Å². The summed E-state index contributed by atoms with van der Waals surface area (Å²) in [7, 11) is 0. The Morgan fingerprint density at radius 3 is 2.35 bits per heavy atom. The maximum absolute atomic E-state index is 13.9. The molecule has 0 spiro atoms. The van der Waals surface area contributed by atoms with Crippen molar-refractivity contribution in [3.63, 3.8) is 0 Å². The number of hydrogen-bond acceptors (Lipinski definition) is 3. The predicted octanol–water partition coefficient (Wildman–Crippen LogP) is 4.54. The average molecular weight is 392 g/mol. The minimum absolute atomic E-state index is 0.0761. The Morgan fingerprint density at radius 1 is 1.23 bits per heavy atom. The predicted molar refractivity (Wildman–Crippen MR) is 95.3 cm³/mol. The van der Waals surface area contributed by atoms with E-state index in [0.717, 1.165) is 12.1 Å². The summed E-state index contributed by atoms with van der Waals surface area (Å²) in [6, 6.07) is 3.53. The summed E-state index contributed by atoms with van der Waals surface area (Å²) in [5.41, 5.74) is -0.903. The first-order valence-electron chi connectivity index (χ1n) is 8.55. The van der Waals surface area contributed by atoms with Crippen molar-refractivity contribution in [3.05, 3.63) is 35.1 Å². The molecule has 0 aromatic heterocycles. The molecular weight excluding hydrogens is 368 g/mol. The van der Waals surface area contributed by atoms with Gasteiger partial charge in [0, 0.05) is 25.2 Å². The van der Waals surface area contributed by atoms with Gasteiger partial charge in [0.25, 0.3) is 0 Å². The summed E-state index contributed by atoms with van der Waals surface area (Å²) in [5, 5.41) is -0.458. The Hall–Kier alpha value is -1.28. The van der Waals surface area contributed by atoms with Gasteiger partial charge in [0.05, 0.1) is 11.3 Å². The zero-order chi connectivity index (χ0) is 19.6. The molecule has 1 aliphatic rings. The summed E-state index contributed by atoms with van der Waals surface area (Å²) >= 11 is 1.31. The van der Waals surface area contributed by atoms with Crippen LogP contribution in [0.2, 0.25) is 0 Å². The van der Waals surface area contributed by atoms with Crippen LogP contribution in [0.5, 0.6) is 0 Å². The lowest BCUT2D eigenvalue weighted by Crippen LogP contribution is -2.43. The molecule has 2 rings (SSSR count). The number of carbonyl (C=O) groups is 1. The van der Waals surface area contributed by atoms with Crippen LogP contribution in [0.25, 0.3) is 0 Å². The lowest BCUT2D eigenvalue weighted by Gasteiger charge is -2.33. The van der Waals surface area contributed by atoms with Gasteiger partial charge >= 0.3 is 6.18 Å². The molecule has 146 valence electrons. The number of hydrogen-bond donors (Lipinski definition) is 0. The van der Waals surface area contributed by atoms with E-state index in [1.165, 1.54) is 17.8 Å². The fourth-order valence-electron chi connectivity index (χ4n) is 3.22. The molecule has 0 aliphatic carbocycles. The van der Waals surface area contributed by atoms with Crippen LogP contribution in [-0.4, -0.2) is 46.6 Å². The van der Waals surface area contributed by atoms with E-state index >= 15 is 0 Å². The number of alkyl halides is 3. The van der Waals surface area contributed by atoms with Crippen LogP contribution in [0.15, 0.2) is 18.2 Å². The summed E-state index contributed by atoms with van der Waals surface area (Å²) in [6.45, 7) is 9.40. The summed E-state index contributed by atoms with van der Waals surface area (Å²) in [5.74, 6) is -1.13. The van der Waals surface area contributed by atoms with Gasteiger partial charge in [0.15, 0.2) is 0 Å². The fourth-order valence-corrected chi connectivity index (χ4v) is 4.43. The molecule has 1 aromatic carbocycles. The van der Waals surface area contributed by atoms with Crippen molar-refractivity contribution < 1.29 is 22.4 Å². The Bertz CT molecular complexity index is 641. The minimum Gasteiger partial charge on any atom is -0.325 e. The van der Waals surface area contributed by atoms with Crippen LogP contribution >= 0.6 is 11.8 Å². The lowest BCUT2D eigenvalue weighted by molar-refractivity contribution is -0.140. The Labute approximate surface area is 155 Å². The fraction of sp³-hybridized carbons (Fsp3) is 0.611. The van der Waals surface area contributed by atoms with Crippen LogP contribution in [0.1, 0.15) is 44.2 Å². The minimum atomic E-state index is -4.73. The average Bonchev–Trinajstić information content (AvgIpc) is 2.86. The molecule has 0 radical (unpaired) electrons. The largest absolute Gasteiger partial charge is 0.419 e. The number of thioether (sulfide) groups is 1. The SMILES string of the molecule is CC(C)N(CCN1C(=O)CSC1c1ccc(C(F)(F)F)c(F)c1)C(C)C. The second-order valence-corrected chi connectivity index (χ2v) is 7.98. The van der Waals surface area contributed by atoms with Crippen molar-refractivity contribution in [1.82, 2.24) is 9.80 Å². The normalized spacial score (nSPS) is 18.7.